The standard InChI is InChI=1S/C14H17NO3/c1-5-12-15(13(16)18-14(2,3)4)10-8-6-7-9-11(10)17-12/h5-9,12H,1H2,2-4H3. The molecule has 18 heavy (non-hydrogen) atoms. The number of carbonyl (C=O) groups is 1. The molecule has 0 saturated carbocycles. The summed E-state index contributed by atoms with van der Waals surface area (Å²) in [5.41, 5.74) is 0.164. The molecular formula is C14H17NO3. The van der Waals surface area contributed by atoms with E-state index in [1.54, 1.807) is 6.08 Å². The maximum atomic E-state index is 12.2. The second-order valence-electron chi connectivity index (χ2n) is 5.06. The van der Waals surface area contributed by atoms with Gasteiger partial charge in [0, 0.05) is 0 Å². The van der Waals surface area contributed by atoms with E-state index in [9.17, 15) is 4.79 Å². The van der Waals surface area contributed by atoms with Crippen LogP contribution in [-0.4, -0.2) is 17.9 Å². The highest BCUT2D eigenvalue weighted by atomic mass is 16.6. The normalized spacial score (nSPS) is 17.9. The Morgan fingerprint density at radius 2 is 2.11 bits per heavy atom. The highest BCUT2D eigenvalue weighted by Crippen LogP contribution is 2.37. The van der Waals surface area contributed by atoms with Crippen molar-refractivity contribution in [1.29, 1.82) is 0 Å². The summed E-state index contributed by atoms with van der Waals surface area (Å²) >= 11 is 0. The van der Waals surface area contributed by atoms with Crippen molar-refractivity contribution in [3.63, 3.8) is 0 Å². The SMILES string of the molecule is C=CC1Oc2ccccc2N1C(=O)OC(C)(C)C. The fourth-order valence-electron chi connectivity index (χ4n) is 1.74. The number of hydrogen-bond acceptors (Lipinski definition) is 3. The topological polar surface area (TPSA) is 38.8 Å². The van der Waals surface area contributed by atoms with Crippen molar-refractivity contribution in [2.24, 2.45) is 0 Å². The van der Waals surface area contributed by atoms with E-state index in [1.165, 1.54) is 4.90 Å². The fourth-order valence-corrected chi connectivity index (χ4v) is 1.74. The van der Waals surface area contributed by atoms with E-state index in [0.29, 0.717) is 11.4 Å². The minimum absolute atomic E-state index is 0.433. The lowest BCUT2D eigenvalue weighted by Gasteiger charge is -2.26. The first-order chi connectivity index (χ1) is 8.42. The molecule has 0 fully saturated rings. The monoisotopic (exact) mass is 247 g/mol. The van der Waals surface area contributed by atoms with E-state index in [1.807, 2.05) is 45.0 Å². The number of carbonyl (C=O) groups excluding carboxylic acids is 1. The van der Waals surface area contributed by atoms with Crippen LogP contribution in [0, 0.1) is 0 Å². The zero-order valence-electron chi connectivity index (χ0n) is 10.8. The van der Waals surface area contributed by atoms with Gasteiger partial charge in [0.15, 0.2) is 0 Å². The summed E-state index contributed by atoms with van der Waals surface area (Å²) in [6, 6.07) is 7.35. The Morgan fingerprint density at radius 3 is 2.72 bits per heavy atom. The molecule has 0 aliphatic carbocycles. The first-order valence-corrected chi connectivity index (χ1v) is 5.83. The Bertz CT molecular complexity index is 476. The highest BCUT2D eigenvalue weighted by molar-refractivity contribution is 5.92. The van der Waals surface area contributed by atoms with Crippen LogP contribution in [0.3, 0.4) is 0 Å². The third-order valence-electron chi connectivity index (χ3n) is 2.42. The molecule has 1 aliphatic rings. The van der Waals surface area contributed by atoms with Gasteiger partial charge >= 0.3 is 6.09 Å². The Morgan fingerprint density at radius 1 is 1.44 bits per heavy atom. The Labute approximate surface area is 107 Å². The lowest BCUT2D eigenvalue weighted by Crippen LogP contribution is -2.41. The van der Waals surface area contributed by atoms with Gasteiger partial charge in [-0.05, 0) is 39.0 Å². The number of fused-ring (bicyclic) bond motifs is 1. The number of rotatable bonds is 1. The van der Waals surface area contributed by atoms with E-state index in [4.69, 9.17) is 9.47 Å². The summed E-state index contributed by atoms with van der Waals surface area (Å²) in [6.45, 7) is 9.17. The molecule has 4 nitrogen and oxygen atoms in total. The number of para-hydroxylation sites is 2. The third kappa shape index (κ3) is 2.32. The van der Waals surface area contributed by atoms with Crippen LogP contribution in [0.2, 0.25) is 0 Å². The maximum absolute atomic E-state index is 12.2. The molecule has 1 aromatic rings. The second-order valence-corrected chi connectivity index (χ2v) is 5.06. The summed E-state index contributed by atoms with van der Waals surface area (Å²) in [7, 11) is 0. The number of nitrogens with zero attached hydrogens (tertiary/aromatic N) is 1. The lowest BCUT2D eigenvalue weighted by molar-refractivity contribution is 0.0544. The van der Waals surface area contributed by atoms with E-state index in [0.717, 1.165) is 0 Å². The van der Waals surface area contributed by atoms with Crippen LogP contribution >= 0.6 is 0 Å². The molecule has 1 amide bonds. The van der Waals surface area contributed by atoms with Crippen LogP contribution in [0.4, 0.5) is 10.5 Å². The summed E-state index contributed by atoms with van der Waals surface area (Å²) in [6.07, 6.45) is 0.624. The molecule has 0 saturated heterocycles. The fraction of sp³-hybridized carbons (Fsp3) is 0.357. The molecule has 1 heterocycles. The van der Waals surface area contributed by atoms with Gasteiger partial charge in [0.1, 0.15) is 11.4 Å². The second kappa shape index (κ2) is 4.37. The zero-order valence-corrected chi connectivity index (χ0v) is 10.8. The van der Waals surface area contributed by atoms with Crippen LogP contribution < -0.4 is 9.64 Å². The Hall–Kier alpha value is -1.97. The molecule has 0 spiro atoms. The van der Waals surface area contributed by atoms with Gasteiger partial charge in [-0.3, -0.25) is 0 Å². The molecule has 0 N–H and O–H groups in total. The molecule has 1 aromatic carbocycles. The van der Waals surface area contributed by atoms with Crippen molar-refractivity contribution in [3.8, 4) is 5.75 Å². The average Bonchev–Trinajstić information content (AvgIpc) is 2.64. The maximum Gasteiger partial charge on any atom is 0.418 e. The number of amides is 1. The van der Waals surface area contributed by atoms with Crippen molar-refractivity contribution >= 4 is 11.8 Å². The lowest BCUT2D eigenvalue weighted by atomic mass is 10.2. The average molecular weight is 247 g/mol. The third-order valence-corrected chi connectivity index (χ3v) is 2.42. The minimum Gasteiger partial charge on any atom is -0.464 e. The van der Waals surface area contributed by atoms with Crippen LogP contribution in [0.25, 0.3) is 0 Å². The number of ether oxygens (including phenoxy) is 2. The van der Waals surface area contributed by atoms with Gasteiger partial charge in [0.05, 0.1) is 5.69 Å². The van der Waals surface area contributed by atoms with E-state index < -0.39 is 17.9 Å². The molecule has 2 rings (SSSR count). The van der Waals surface area contributed by atoms with Crippen molar-refractivity contribution in [2.75, 3.05) is 4.90 Å². The van der Waals surface area contributed by atoms with Gasteiger partial charge in [-0.15, -0.1) is 0 Å². The van der Waals surface area contributed by atoms with Gasteiger partial charge in [-0.2, -0.15) is 0 Å². The van der Waals surface area contributed by atoms with Gasteiger partial charge in [-0.1, -0.05) is 18.7 Å². The van der Waals surface area contributed by atoms with E-state index in [2.05, 4.69) is 6.58 Å². The number of benzene rings is 1. The molecule has 4 heteroatoms. The molecule has 1 unspecified atom stereocenters. The van der Waals surface area contributed by atoms with Crippen molar-refractivity contribution in [2.45, 2.75) is 32.6 Å². The van der Waals surface area contributed by atoms with E-state index in [-0.39, 0.29) is 0 Å². The molecule has 0 bridgehead atoms. The Balaban J connectivity index is 2.30. The predicted molar refractivity (Wildman–Crippen MR) is 69.8 cm³/mol. The molecular weight excluding hydrogens is 230 g/mol. The van der Waals surface area contributed by atoms with Gasteiger partial charge < -0.3 is 9.47 Å². The minimum atomic E-state index is -0.541. The molecule has 1 aliphatic heterocycles. The van der Waals surface area contributed by atoms with Gasteiger partial charge in [-0.25, -0.2) is 9.69 Å². The van der Waals surface area contributed by atoms with Crippen molar-refractivity contribution in [3.05, 3.63) is 36.9 Å². The summed E-state index contributed by atoms with van der Waals surface area (Å²) < 4.78 is 11.0. The smallest absolute Gasteiger partial charge is 0.418 e. The zero-order chi connectivity index (χ0) is 13.3. The van der Waals surface area contributed by atoms with Crippen molar-refractivity contribution in [1.82, 2.24) is 0 Å². The summed E-state index contributed by atoms with van der Waals surface area (Å²) in [4.78, 5) is 13.6. The first-order valence-electron chi connectivity index (χ1n) is 5.83. The predicted octanol–water partition coefficient (Wildman–Crippen LogP) is 3.33. The van der Waals surface area contributed by atoms with Crippen LogP contribution in [0.5, 0.6) is 5.75 Å². The molecule has 0 radical (unpaired) electrons. The molecule has 96 valence electrons. The number of hydrogen-bond donors (Lipinski definition) is 0. The number of anilines is 1. The highest BCUT2D eigenvalue weighted by Gasteiger charge is 2.36. The largest absolute Gasteiger partial charge is 0.464 e. The van der Waals surface area contributed by atoms with Crippen LogP contribution in [-0.2, 0) is 4.74 Å². The van der Waals surface area contributed by atoms with E-state index >= 15 is 0 Å². The molecule has 1 atom stereocenters. The van der Waals surface area contributed by atoms with Gasteiger partial charge in [0.2, 0.25) is 6.23 Å². The summed E-state index contributed by atoms with van der Waals surface area (Å²) in [5.74, 6) is 0.660. The van der Waals surface area contributed by atoms with Crippen LogP contribution in [0.1, 0.15) is 20.8 Å². The van der Waals surface area contributed by atoms with Gasteiger partial charge in [0.25, 0.3) is 0 Å². The molecule has 0 aromatic heterocycles. The van der Waals surface area contributed by atoms with Crippen LogP contribution in [0.15, 0.2) is 36.9 Å². The first kappa shape index (κ1) is 12.5. The summed E-state index contributed by atoms with van der Waals surface area (Å²) in [5, 5.41) is 0. The Kier molecular flexibility index (Phi) is 3.03. The quantitative estimate of drug-likeness (QED) is 0.714. The van der Waals surface area contributed by atoms with Crippen molar-refractivity contribution < 1.29 is 14.3 Å².